The van der Waals surface area contributed by atoms with E-state index < -0.39 is 0 Å². The molecule has 2 rings (SSSR count). The summed E-state index contributed by atoms with van der Waals surface area (Å²) < 4.78 is 17.9. The van der Waals surface area contributed by atoms with Gasteiger partial charge in [-0.25, -0.2) is 4.99 Å². The van der Waals surface area contributed by atoms with Crippen LogP contribution in [-0.4, -0.2) is 43.6 Å². The Morgan fingerprint density at radius 3 is 2.22 bits per heavy atom. The Balaban J connectivity index is 0.00000364. The number of ether oxygens (including phenoxy) is 3. The number of aryl methyl sites for hydroxylation is 1. The predicted octanol–water partition coefficient (Wildman–Crippen LogP) is 2.32. The maximum atomic E-state index is 5.39. The molecule has 0 aliphatic carbocycles. The Morgan fingerprint density at radius 1 is 1.07 bits per heavy atom. The van der Waals surface area contributed by atoms with Crippen molar-refractivity contribution >= 4 is 29.9 Å². The maximum absolute atomic E-state index is 5.39. The van der Waals surface area contributed by atoms with E-state index in [1.54, 1.807) is 26.0 Å². The highest BCUT2D eigenvalue weighted by Crippen LogP contribution is 2.38. The van der Waals surface area contributed by atoms with Crippen molar-refractivity contribution in [3.63, 3.8) is 0 Å². The second kappa shape index (κ2) is 11.5. The molecule has 2 N–H and O–H groups in total. The average Bonchev–Trinajstić information content (AvgIpc) is 3.08. The molecule has 0 fully saturated rings. The summed E-state index contributed by atoms with van der Waals surface area (Å²) in [6.45, 7) is 3.92. The summed E-state index contributed by atoms with van der Waals surface area (Å²) in [5, 5.41) is 10.7. The SMILES string of the molecule is CCNC(=NCc1cnn(C)c1)NCc1cc(OC)c(OC)c(OC)c1.I. The van der Waals surface area contributed by atoms with Gasteiger partial charge in [0.25, 0.3) is 0 Å². The third-order valence-electron chi connectivity index (χ3n) is 3.71. The summed E-state index contributed by atoms with van der Waals surface area (Å²) in [4.78, 5) is 4.58. The number of hydrogen-bond donors (Lipinski definition) is 2. The van der Waals surface area contributed by atoms with Crippen LogP contribution in [0.25, 0.3) is 0 Å². The molecule has 8 nitrogen and oxygen atoms in total. The van der Waals surface area contributed by atoms with Gasteiger partial charge in [-0.1, -0.05) is 0 Å². The Morgan fingerprint density at radius 2 is 1.74 bits per heavy atom. The predicted molar refractivity (Wildman–Crippen MR) is 116 cm³/mol. The second-order valence-corrected chi connectivity index (χ2v) is 5.60. The second-order valence-electron chi connectivity index (χ2n) is 5.60. The zero-order chi connectivity index (χ0) is 18.9. The molecule has 150 valence electrons. The molecule has 0 saturated carbocycles. The summed E-state index contributed by atoms with van der Waals surface area (Å²) in [6.07, 6.45) is 3.76. The van der Waals surface area contributed by atoms with Crippen LogP contribution >= 0.6 is 24.0 Å². The Labute approximate surface area is 177 Å². The molecule has 2 aromatic rings. The number of methoxy groups -OCH3 is 3. The van der Waals surface area contributed by atoms with Crippen molar-refractivity contribution in [3.8, 4) is 17.2 Å². The molecule has 1 aromatic heterocycles. The largest absolute Gasteiger partial charge is 0.493 e. The Kier molecular flexibility index (Phi) is 9.76. The number of benzene rings is 1. The molecular formula is C18H28IN5O3. The van der Waals surface area contributed by atoms with Gasteiger partial charge < -0.3 is 24.8 Å². The van der Waals surface area contributed by atoms with Gasteiger partial charge in [0, 0.05) is 31.9 Å². The lowest BCUT2D eigenvalue weighted by atomic mass is 10.2. The van der Waals surface area contributed by atoms with E-state index in [9.17, 15) is 0 Å². The van der Waals surface area contributed by atoms with Gasteiger partial charge in [-0.2, -0.15) is 5.10 Å². The van der Waals surface area contributed by atoms with Gasteiger partial charge in [0.1, 0.15) is 0 Å². The molecule has 0 bridgehead atoms. The first-order valence-corrected chi connectivity index (χ1v) is 8.39. The highest BCUT2D eigenvalue weighted by molar-refractivity contribution is 14.0. The highest BCUT2D eigenvalue weighted by Gasteiger charge is 2.13. The number of hydrogen-bond acceptors (Lipinski definition) is 5. The standard InChI is InChI=1S/C18H27N5O3.HI/c1-6-19-18(21-10-14-11-22-23(2)12-14)20-9-13-7-15(24-3)17(26-5)16(8-13)25-4;/h7-8,11-12H,6,9-10H2,1-5H3,(H2,19,20,21);1H. The number of aromatic nitrogens is 2. The third kappa shape index (κ3) is 6.49. The third-order valence-corrected chi connectivity index (χ3v) is 3.71. The molecule has 27 heavy (non-hydrogen) atoms. The van der Waals surface area contributed by atoms with E-state index in [-0.39, 0.29) is 24.0 Å². The van der Waals surface area contributed by atoms with E-state index in [0.29, 0.717) is 30.3 Å². The van der Waals surface area contributed by atoms with Crippen LogP contribution in [0, 0.1) is 0 Å². The number of halogens is 1. The van der Waals surface area contributed by atoms with Crippen molar-refractivity contribution < 1.29 is 14.2 Å². The van der Waals surface area contributed by atoms with Crippen molar-refractivity contribution in [2.24, 2.45) is 12.0 Å². The van der Waals surface area contributed by atoms with Gasteiger partial charge in [0.05, 0.1) is 34.1 Å². The summed E-state index contributed by atoms with van der Waals surface area (Å²) in [7, 11) is 6.69. The van der Waals surface area contributed by atoms with Crippen LogP contribution in [0.2, 0.25) is 0 Å². The van der Waals surface area contributed by atoms with Crippen LogP contribution in [0.4, 0.5) is 0 Å². The first-order valence-electron chi connectivity index (χ1n) is 8.39. The van der Waals surface area contributed by atoms with E-state index in [0.717, 1.165) is 23.6 Å². The lowest BCUT2D eigenvalue weighted by molar-refractivity contribution is 0.323. The minimum atomic E-state index is 0. The van der Waals surface area contributed by atoms with Crippen molar-refractivity contribution in [1.82, 2.24) is 20.4 Å². The van der Waals surface area contributed by atoms with Crippen molar-refractivity contribution in [3.05, 3.63) is 35.7 Å². The quantitative estimate of drug-likeness (QED) is 0.337. The van der Waals surface area contributed by atoms with Crippen molar-refractivity contribution in [1.29, 1.82) is 0 Å². The van der Waals surface area contributed by atoms with Gasteiger partial charge in [-0.3, -0.25) is 4.68 Å². The van der Waals surface area contributed by atoms with E-state index in [1.165, 1.54) is 0 Å². The minimum absolute atomic E-state index is 0. The van der Waals surface area contributed by atoms with Crippen molar-refractivity contribution in [2.45, 2.75) is 20.0 Å². The molecule has 0 unspecified atom stereocenters. The number of aliphatic imine (C=N–C) groups is 1. The summed E-state index contributed by atoms with van der Waals surface area (Å²) >= 11 is 0. The van der Waals surface area contributed by atoms with Gasteiger partial charge in [-0.15, -0.1) is 24.0 Å². The molecule has 0 radical (unpaired) electrons. The smallest absolute Gasteiger partial charge is 0.203 e. The van der Waals surface area contributed by atoms with E-state index in [2.05, 4.69) is 20.7 Å². The molecule has 1 heterocycles. The summed E-state index contributed by atoms with van der Waals surface area (Å²) in [5.74, 6) is 2.56. The van der Waals surface area contributed by atoms with Gasteiger partial charge >= 0.3 is 0 Å². The zero-order valence-electron chi connectivity index (χ0n) is 16.4. The van der Waals surface area contributed by atoms with Gasteiger partial charge in [0.15, 0.2) is 17.5 Å². The molecule has 0 saturated heterocycles. The monoisotopic (exact) mass is 489 g/mol. The lowest BCUT2D eigenvalue weighted by Crippen LogP contribution is -2.36. The number of nitrogens with one attached hydrogen (secondary N) is 2. The Hall–Kier alpha value is -2.17. The van der Waals surface area contributed by atoms with Crippen LogP contribution in [-0.2, 0) is 20.1 Å². The molecule has 9 heteroatoms. The highest BCUT2D eigenvalue weighted by atomic mass is 127. The number of guanidine groups is 1. The fraction of sp³-hybridized carbons (Fsp3) is 0.444. The van der Waals surface area contributed by atoms with Crippen LogP contribution in [0.15, 0.2) is 29.5 Å². The molecule has 1 aromatic carbocycles. The maximum Gasteiger partial charge on any atom is 0.203 e. The molecule has 0 atom stereocenters. The number of nitrogens with zero attached hydrogens (tertiary/aromatic N) is 3. The van der Waals surface area contributed by atoms with Gasteiger partial charge in [0.2, 0.25) is 5.75 Å². The Bertz CT molecular complexity index is 723. The van der Waals surface area contributed by atoms with Crippen molar-refractivity contribution in [2.75, 3.05) is 27.9 Å². The lowest BCUT2D eigenvalue weighted by Gasteiger charge is -2.15. The molecule has 0 spiro atoms. The summed E-state index contributed by atoms with van der Waals surface area (Å²) in [6, 6.07) is 3.83. The molecule has 0 amide bonds. The first kappa shape index (κ1) is 22.9. The topological polar surface area (TPSA) is 81.9 Å². The van der Waals surface area contributed by atoms with Crippen LogP contribution in [0.5, 0.6) is 17.2 Å². The molecule has 0 aliphatic rings. The summed E-state index contributed by atoms with van der Waals surface area (Å²) in [5.41, 5.74) is 2.05. The van der Waals surface area contributed by atoms with Crippen LogP contribution in [0.1, 0.15) is 18.1 Å². The molecular weight excluding hydrogens is 461 g/mol. The van der Waals surface area contributed by atoms with E-state index in [1.807, 2.05) is 38.5 Å². The molecule has 0 aliphatic heterocycles. The fourth-order valence-electron chi connectivity index (χ4n) is 2.49. The van der Waals surface area contributed by atoms with Crippen LogP contribution < -0.4 is 24.8 Å². The van der Waals surface area contributed by atoms with Gasteiger partial charge in [-0.05, 0) is 24.6 Å². The van der Waals surface area contributed by atoms with E-state index >= 15 is 0 Å². The first-order chi connectivity index (χ1) is 12.6. The minimum Gasteiger partial charge on any atom is -0.493 e. The fourth-order valence-corrected chi connectivity index (χ4v) is 2.49. The van der Waals surface area contributed by atoms with E-state index in [4.69, 9.17) is 14.2 Å². The normalized spacial score (nSPS) is 10.8. The number of rotatable bonds is 8. The zero-order valence-corrected chi connectivity index (χ0v) is 18.7. The van der Waals surface area contributed by atoms with Crippen LogP contribution in [0.3, 0.4) is 0 Å². The average molecular weight is 489 g/mol.